The van der Waals surface area contributed by atoms with Crippen molar-refractivity contribution in [1.29, 1.82) is 0 Å². The van der Waals surface area contributed by atoms with E-state index in [-0.39, 0.29) is 0 Å². The highest BCUT2D eigenvalue weighted by Crippen LogP contribution is 2.17. The Hall–Kier alpha value is -2.94. The van der Waals surface area contributed by atoms with Gasteiger partial charge in [0.2, 0.25) is 5.69 Å². The molecule has 1 heterocycles. The third-order valence-electron chi connectivity index (χ3n) is 3.64. The van der Waals surface area contributed by atoms with Gasteiger partial charge in [0.05, 0.1) is 5.69 Å². The van der Waals surface area contributed by atoms with Crippen LogP contribution < -0.4 is 9.47 Å². The van der Waals surface area contributed by atoms with Gasteiger partial charge in [-0.2, -0.15) is 4.57 Å². The van der Waals surface area contributed by atoms with E-state index in [0.717, 1.165) is 16.9 Å². The number of para-hydroxylation sites is 1. The number of aliphatic imine (C=N–C) groups is 1. The molecule has 0 aliphatic heterocycles. The average Bonchev–Trinajstić information content (AvgIpc) is 2.61. The molecule has 3 aromatic rings. The fraction of sp³-hybridized carbons (Fsp3) is 0.100. The second kappa shape index (κ2) is 6.88. The summed E-state index contributed by atoms with van der Waals surface area (Å²) in [4.78, 5) is 6.60. The lowest BCUT2D eigenvalue weighted by molar-refractivity contribution is -0.595. The van der Waals surface area contributed by atoms with Gasteiger partial charge < -0.3 is 4.90 Å². The molecular weight excluding hydrogens is 282 g/mol. The van der Waals surface area contributed by atoms with Crippen LogP contribution in [0.15, 0.2) is 84.1 Å². The maximum atomic E-state index is 4.53. The van der Waals surface area contributed by atoms with Gasteiger partial charge in [0, 0.05) is 55.8 Å². The maximum Gasteiger partial charge on any atom is 0.210 e. The summed E-state index contributed by atoms with van der Waals surface area (Å²) in [5.74, 6) is 0. The zero-order valence-electron chi connectivity index (χ0n) is 13.4. The third kappa shape index (κ3) is 3.83. The van der Waals surface area contributed by atoms with Crippen LogP contribution in [-0.2, 0) is 0 Å². The standard InChI is InChI=1S/C20H20N3/c1-22(2)19-10-8-18(9-11-19)21-16-17-12-14-23(15-13-17)20-6-4-3-5-7-20/h3-16H,1-2H3/q+1. The Balaban J connectivity index is 1.73. The van der Waals surface area contributed by atoms with Crippen molar-refractivity contribution >= 4 is 17.6 Å². The van der Waals surface area contributed by atoms with E-state index in [1.807, 2.05) is 63.0 Å². The SMILES string of the molecule is CN(C)c1ccc(N=Cc2cc[n+](-c3ccccc3)cc2)cc1. The molecule has 1 aromatic heterocycles. The molecule has 3 heteroatoms. The van der Waals surface area contributed by atoms with Crippen molar-refractivity contribution in [3.8, 4) is 5.69 Å². The molecule has 0 atom stereocenters. The van der Waals surface area contributed by atoms with E-state index < -0.39 is 0 Å². The maximum absolute atomic E-state index is 4.53. The summed E-state index contributed by atoms with van der Waals surface area (Å²) >= 11 is 0. The van der Waals surface area contributed by atoms with Crippen LogP contribution in [0.3, 0.4) is 0 Å². The summed E-state index contributed by atoms with van der Waals surface area (Å²) in [5, 5.41) is 0. The molecule has 114 valence electrons. The van der Waals surface area contributed by atoms with E-state index in [4.69, 9.17) is 0 Å². The third-order valence-corrected chi connectivity index (χ3v) is 3.64. The fourth-order valence-electron chi connectivity index (χ4n) is 2.28. The number of pyridine rings is 1. The zero-order valence-corrected chi connectivity index (χ0v) is 13.4. The Kier molecular flexibility index (Phi) is 4.48. The smallest absolute Gasteiger partial charge is 0.210 e. The predicted molar refractivity (Wildman–Crippen MR) is 96.0 cm³/mol. The van der Waals surface area contributed by atoms with Gasteiger partial charge in [0.25, 0.3) is 0 Å². The second-order valence-corrected chi connectivity index (χ2v) is 5.54. The summed E-state index contributed by atoms with van der Waals surface area (Å²) < 4.78 is 2.09. The van der Waals surface area contributed by atoms with Crippen LogP contribution >= 0.6 is 0 Å². The van der Waals surface area contributed by atoms with Gasteiger partial charge in [0.15, 0.2) is 12.4 Å². The van der Waals surface area contributed by atoms with E-state index in [2.05, 4.69) is 50.9 Å². The first-order valence-corrected chi connectivity index (χ1v) is 7.60. The molecule has 0 radical (unpaired) electrons. The fourth-order valence-corrected chi connectivity index (χ4v) is 2.28. The van der Waals surface area contributed by atoms with E-state index >= 15 is 0 Å². The van der Waals surface area contributed by atoms with Crippen molar-refractivity contribution < 1.29 is 4.57 Å². The summed E-state index contributed by atoms with van der Waals surface area (Å²) in [6.45, 7) is 0. The molecule has 0 aliphatic carbocycles. The summed E-state index contributed by atoms with van der Waals surface area (Å²) in [7, 11) is 4.06. The van der Waals surface area contributed by atoms with E-state index in [9.17, 15) is 0 Å². The van der Waals surface area contributed by atoms with Gasteiger partial charge >= 0.3 is 0 Å². The van der Waals surface area contributed by atoms with Crippen LogP contribution in [0.5, 0.6) is 0 Å². The number of nitrogens with zero attached hydrogens (tertiary/aromatic N) is 3. The number of anilines is 1. The summed E-state index contributed by atoms with van der Waals surface area (Å²) in [6.07, 6.45) is 5.98. The van der Waals surface area contributed by atoms with Crippen molar-refractivity contribution in [2.75, 3.05) is 19.0 Å². The first kappa shape index (κ1) is 15.0. The summed E-state index contributed by atoms with van der Waals surface area (Å²) in [5.41, 5.74) is 4.35. The molecule has 0 bridgehead atoms. The van der Waals surface area contributed by atoms with Gasteiger partial charge in [-0.25, -0.2) is 0 Å². The zero-order chi connectivity index (χ0) is 16.1. The van der Waals surface area contributed by atoms with E-state index in [1.54, 1.807) is 0 Å². The molecule has 0 spiro atoms. The molecule has 0 fully saturated rings. The number of benzene rings is 2. The minimum Gasteiger partial charge on any atom is -0.378 e. The molecule has 2 aromatic carbocycles. The Bertz CT molecular complexity index is 773. The minimum absolute atomic E-state index is 0.954. The first-order valence-electron chi connectivity index (χ1n) is 7.60. The summed E-state index contributed by atoms with van der Waals surface area (Å²) in [6, 6.07) is 22.6. The molecule has 0 aliphatic rings. The van der Waals surface area contributed by atoms with Crippen molar-refractivity contribution in [2.24, 2.45) is 4.99 Å². The van der Waals surface area contributed by atoms with Crippen LogP contribution in [0, 0.1) is 0 Å². The molecule has 0 N–H and O–H groups in total. The van der Waals surface area contributed by atoms with Gasteiger partial charge in [-0.3, -0.25) is 4.99 Å². The van der Waals surface area contributed by atoms with Gasteiger partial charge in [-0.1, -0.05) is 18.2 Å². The first-order chi connectivity index (χ1) is 11.2. The van der Waals surface area contributed by atoms with Crippen LogP contribution in [-0.4, -0.2) is 20.3 Å². The lowest BCUT2D eigenvalue weighted by Crippen LogP contribution is -2.29. The Morgan fingerprint density at radius 1 is 0.826 bits per heavy atom. The second-order valence-electron chi connectivity index (χ2n) is 5.54. The molecule has 3 rings (SSSR count). The Morgan fingerprint density at radius 3 is 2.09 bits per heavy atom. The van der Waals surface area contributed by atoms with Crippen LogP contribution in [0.4, 0.5) is 11.4 Å². The number of hydrogen-bond donors (Lipinski definition) is 0. The molecule has 0 saturated heterocycles. The number of hydrogen-bond acceptors (Lipinski definition) is 2. The molecule has 0 amide bonds. The molecule has 23 heavy (non-hydrogen) atoms. The lowest BCUT2D eigenvalue weighted by atomic mass is 10.2. The number of rotatable bonds is 4. The van der Waals surface area contributed by atoms with Crippen LogP contribution in [0.25, 0.3) is 5.69 Å². The largest absolute Gasteiger partial charge is 0.378 e. The van der Waals surface area contributed by atoms with Gasteiger partial charge in [0.1, 0.15) is 0 Å². The highest BCUT2D eigenvalue weighted by Gasteiger charge is 2.03. The van der Waals surface area contributed by atoms with Crippen molar-refractivity contribution in [3.05, 3.63) is 84.7 Å². The van der Waals surface area contributed by atoms with Crippen LogP contribution in [0.2, 0.25) is 0 Å². The highest BCUT2D eigenvalue weighted by molar-refractivity contribution is 5.81. The van der Waals surface area contributed by atoms with E-state index in [1.165, 1.54) is 5.69 Å². The topological polar surface area (TPSA) is 19.5 Å². The lowest BCUT2D eigenvalue weighted by Gasteiger charge is -2.11. The average molecular weight is 302 g/mol. The minimum atomic E-state index is 0.954. The van der Waals surface area contributed by atoms with Crippen LogP contribution in [0.1, 0.15) is 5.56 Å². The predicted octanol–water partition coefficient (Wildman–Crippen LogP) is 3.78. The van der Waals surface area contributed by atoms with Crippen molar-refractivity contribution in [2.45, 2.75) is 0 Å². The normalized spacial score (nSPS) is 10.9. The quantitative estimate of drug-likeness (QED) is 0.530. The number of aromatic nitrogens is 1. The van der Waals surface area contributed by atoms with E-state index in [0.29, 0.717) is 0 Å². The van der Waals surface area contributed by atoms with Crippen molar-refractivity contribution in [1.82, 2.24) is 0 Å². The molecule has 0 saturated carbocycles. The monoisotopic (exact) mass is 302 g/mol. The Morgan fingerprint density at radius 2 is 1.48 bits per heavy atom. The molecule has 3 nitrogen and oxygen atoms in total. The molecular formula is C20H20N3+. The van der Waals surface area contributed by atoms with Gasteiger partial charge in [-0.05, 0) is 24.3 Å². The van der Waals surface area contributed by atoms with Crippen molar-refractivity contribution in [3.63, 3.8) is 0 Å². The van der Waals surface area contributed by atoms with Gasteiger partial charge in [-0.15, -0.1) is 0 Å². The molecule has 0 unspecified atom stereocenters. The Labute approximate surface area is 137 Å². The highest BCUT2D eigenvalue weighted by atomic mass is 15.1.